The van der Waals surface area contributed by atoms with Crippen LogP contribution < -0.4 is 8.92 Å². The zero-order chi connectivity index (χ0) is 13.9. The third kappa shape index (κ3) is 3.39. The van der Waals surface area contributed by atoms with E-state index in [2.05, 4.69) is 0 Å². The summed E-state index contributed by atoms with van der Waals surface area (Å²) in [5, 5.41) is 0.509. The molecule has 0 radical (unpaired) electrons. The van der Waals surface area contributed by atoms with Gasteiger partial charge in [0.25, 0.3) is 0 Å². The fourth-order valence-corrected chi connectivity index (χ4v) is 2.46. The van der Waals surface area contributed by atoms with Crippen LogP contribution in [0.3, 0.4) is 0 Å². The van der Waals surface area contributed by atoms with E-state index in [1.54, 1.807) is 24.3 Å². The molecule has 0 aliphatic carbocycles. The third-order valence-corrected chi connectivity index (χ3v) is 3.88. The Bertz CT molecular complexity index is 648. The van der Waals surface area contributed by atoms with Crippen molar-refractivity contribution in [1.29, 1.82) is 0 Å². The number of hydrogen-bond acceptors (Lipinski definition) is 4. The Labute approximate surface area is 116 Å². The van der Waals surface area contributed by atoms with E-state index in [4.69, 9.17) is 20.5 Å². The highest BCUT2D eigenvalue weighted by Gasteiger charge is 2.16. The maximum absolute atomic E-state index is 12.0. The monoisotopic (exact) mass is 298 g/mol. The molecule has 0 saturated carbocycles. The van der Waals surface area contributed by atoms with Crippen molar-refractivity contribution in [2.75, 3.05) is 7.11 Å². The number of rotatable bonds is 4. The normalized spacial score (nSPS) is 11.1. The lowest BCUT2D eigenvalue weighted by Crippen LogP contribution is -2.09. The zero-order valence-electron chi connectivity index (χ0n) is 10.0. The van der Waals surface area contributed by atoms with Gasteiger partial charge >= 0.3 is 10.1 Å². The Balaban J connectivity index is 2.24. The maximum atomic E-state index is 12.0. The van der Waals surface area contributed by atoms with E-state index in [0.29, 0.717) is 10.8 Å². The average Bonchev–Trinajstić information content (AvgIpc) is 2.41. The van der Waals surface area contributed by atoms with E-state index in [-0.39, 0.29) is 10.6 Å². The van der Waals surface area contributed by atoms with Crippen LogP contribution in [-0.4, -0.2) is 15.5 Å². The molecule has 19 heavy (non-hydrogen) atoms. The molecule has 0 atom stereocenters. The summed E-state index contributed by atoms with van der Waals surface area (Å²) in [4.78, 5) is 0.0586. The van der Waals surface area contributed by atoms with E-state index in [1.807, 2.05) is 0 Å². The molecule has 0 N–H and O–H groups in total. The first-order valence-corrected chi connectivity index (χ1v) is 7.14. The Kier molecular flexibility index (Phi) is 3.97. The minimum absolute atomic E-state index is 0.0586. The van der Waals surface area contributed by atoms with Crippen molar-refractivity contribution in [3.63, 3.8) is 0 Å². The second-order valence-electron chi connectivity index (χ2n) is 3.67. The van der Waals surface area contributed by atoms with Gasteiger partial charge in [-0.1, -0.05) is 11.6 Å². The second-order valence-corrected chi connectivity index (χ2v) is 5.65. The molecule has 4 nitrogen and oxygen atoms in total. The highest BCUT2D eigenvalue weighted by atomic mass is 35.5. The van der Waals surface area contributed by atoms with Crippen LogP contribution in [0.25, 0.3) is 0 Å². The van der Waals surface area contributed by atoms with Crippen LogP contribution in [0.5, 0.6) is 11.5 Å². The van der Waals surface area contributed by atoms with Gasteiger partial charge in [0.05, 0.1) is 7.11 Å². The van der Waals surface area contributed by atoms with Gasteiger partial charge in [-0.05, 0) is 48.5 Å². The minimum Gasteiger partial charge on any atom is -0.497 e. The van der Waals surface area contributed by atoms with E-state index in [1.165, 1.54) is 31.4 Å². The molecular formula is C13H11ClO4S. The quantitative estimate of drug-likeness (QED) is 0.814. The summed E-state index contributed by atoms with van der Waals surface area (Å²) in [7, 11) is -2.34. The molecule has 2 aromatic rings. The van der Waals surface area contributed by atoms with Crippen molar-refractivity contribution in [2.45, 2.75) is 4.90 Å². The summed E-state index contributed by atoms with van der Waals surface area (Å²) in [6.45, 7) is 0. The Morgan fingerprint density at radius 1 is 0.895 bits per heavy atom. The van der Waals surface area contributed by atoms with E-state index >= 15 is 0 Å². The second kappa shape index (κ2) is 5.50. The lowest BCUT2D eigenvalue weighted by atomic mass is 10.3. The van der Waals surface area contributed by atoms with E-state index in [9.17, 15) is 8.42 Å². The van der Waals surface area contributed by atoms with Gasteiger partial charge < -0.3 is 8.92 Å². The molecule has 0 fully saturated rings. The van der Waals surface area contributed by atoms with Gasteiger partial charge in [0, 0.05) is 5.02 Å². The maximum Gasteiger partial charge on any atom is 0.339 e. The smallest absolute Gasteiger partial charge is 0.339 e. The molecule has 2 aromatic carbocycles. The molecule has 0 unspecified atom stereocenters. The summed E-state index contributed by atoms with van der Waals surface area (Å²) in [5.74, 6) is 0.783. The van der Waals surface area contributed by atoms with Crippen LogP contribution in [0.4, 0.5) is 0 Å². The molecule has 0 aliphatic rings. The molecule has 100 valence electrons. The van der Waals surface area contributed by atoms with Crippen molar-refractivity contribution < 1.29 is 17.3 Å². The van der Waals surface area contributed by atoms with E-state index < -0.39 is 10.1 Å². The first kappa shape index (κ1) is 13.7. The molecule has 0 spiro atoms. The van der Waals surface area contributed by atoms with Gasteiger partial charge in [-0.3, -0.25) is 0 Å². The molecule has 0 aliphatic heterocycles. The fourth-order valence-electron chi connectivity index (χ4n) is 1.41. The molecule has 0 aromatic heterocycles. The van der Waals surface area contributed by atoms with Gasteiger partial charge in [-0.25, -0.2) is 0 Å². The molecule has 0 saturated heterocycles. The molecule has 0 bridgehead atoms. The van der Waals surface area contributed by atoms with Crippen molar-refractivity contribution >= 4 is 21.7 Å². The molecule has 2 rings (SSSR count). The molecule has 0 heterocycles. The number of halogens is 1. The summed E-state index contributed by atoms with van der Waals surface area (Å²) in [6.07, 6.45) is 0. The summed E-state index contributed by atoms with van der Waals surface area (Å²) < 4.78 is 33.9. The number of methoxy groups -OCH3 is 1. The van der Waals surface area contributed by atoms with E-state index in [0.717, 1.165) is 0 Å². The molecular weight excluding hydrogens is 288 g/mol. The summed E-state index contributed by atoms with van der Waals surface area (Å²) in [5.41, 5.74) is 0. The van der Waals surface area contributed by atoms with Crippen molar-refractivity contribution in [1.82, 2.24) is 0 Å². The molecule has 6 heteroatoms. The Morgan fingerprint density at radius 2 is 1.42 bits per heavy atom. The average molecular weight is 299 g/mol. The first-order chi connectivity index (χ1) is 9.01. The molecule has 0 amide bonds. The van der Waals surface area contributed by atoms with Crippen molar-refractivity contribution in [3.05, 3.63) is 53.6 Å². The summed E-state index contributed by atoms with van der Waals surface area (Å²) >= 11 is 5.71. The van der Waals surface area contributed by atoms with Gasteiger partial charge in [-0.15, -0.1) is 0 Å². The lowest BCUT2D eigenvalue weighted by Gasteiger charge is -2.07. The van der Waals surface area contributed by atoms with Gasteiger partial charge in [0.15, 0.2) is 0 Å². The van der Waals surface area contributed by atoms with Crippen LogP contribution in [0.1, 0.15) is 0 Å². The Hall–Kier alpha value is -1.72. The number of ether oxygens (including phenoxy) is 1. The SMILES string of the molecule is COc1ccc(S(=O)(=O)Oc2ccc(Cl)cc2)cc1. The van der Waals surface area contributed by atoms with Gasteiger partial charge in [-0.2, -0.15) is 8.42 Å². The Morgan fingerprint density at radius 3 is 1.95 bits per heavy atom. The third-order valence-electron chi connectivity index (χ3n) is 2.37. The largest absolute Gasteiger partial charge is 0.497 e. The fraction of sp³-hybridized carbons (Fsp3) is 0.0769. The van der Waals surface area contributed by atoms with Crippen LogP contribution in [0, 0.1) is 0 Å². The highest BCUT2D eigenvalue weighted by molar-refractivity contribution is 7.87. The van der Waals surface area contributed by atoms with Crippen LogP contribution in [0.15, 0.2) is 53.4 Å². The minimum atomic E-state index is -3.85. The van der Waals surface area contributed by atoms with Gasteiger partial charge in [0.2, 0.25) is 0 Å². The summed E-state index contributed by atoms with van der Waals surface area (Å²) in [6, 6.07) is 12.0. The predicted molar refractivity (Wildman–Crippen MR) is 72.3 cm³/mol. The van der Waals surface area contributed by atoms with Crippen LogP contribution in [0.2, 0.25) is 5.02 Å². The first-order valence-electron chi connectivity index (χ1n) is 5.35. The zero-order valence-corrected chi connectivity index (χ0v) is 11.6. The van der Waals surface area contributed by atoms with Crippen LogP contribution >= 0.6 is 11.6 Å². The predicted octanol–water partition coefficient (Wildman–Crippen LogP) is 3.12. The number of benzene rings is 2. The highest BCUT2D eigenvalue weighted by Crippen LogP contribution is 2.22. The lowest BCUT2D eigenvalue weighted by molar-refractivity contribution is 0.414. The topological polar surface area (TPSA) is 52.6 Å². The van der Waals surface area contributed by atoms with Crippen molar-refractivity contribution in [3.8, 4) is 11.5 Å². The standard InChI is InChI=1S/C13H11ClO4S/c1-17-11-6-8-13(9-7-11)19(15,16)18-12-4-2-10(14)3-5-12/h2-9H,1H3. The van der Waals surface area contributed by atoms with Crippen LogP contribution in [-0.2, 0) is 10.1 Å². The number of hydrogen-bond donors (Lipinski definition) is 0. The van der Waals surface area contributed by atoms with Gasteiger partial charge in [0.1, 0.15) is 16.4 Å². The van der Waals surface area contributed by atoms with Crippen molar-refractivity contribution in [2.24, 2.45) is 0 Å².